The molecule has 0 aliphatic rings. The summed E-state index contributed by atoms with van der Waals surface area (Å²) in [6.45, 7) is 4.29. The number of ether oxygens (including phenoxy) is 2. The third-order valence-corrected chi connectivity index (χ3v) is 1.95. The average Bonchev–Trinajstić information content (AvgIpc) is 2.17. The van der Waals surface area contributed by atoms with Crippen LogP contribution < -0.4 is 4.74 Å². The van der Waals surface area contributed by atoms with Crippen LogP contribution in [0.25, 0.3) is 0 Å². The summed E-state index contributed by atoms with van der Waals surface area (Å²) < 4.78 is 23.2. The molecule has 2 nitrogen and oxygen atoms in total. The van der Waals surface area contributed by atoms with E-state index in [9.17, 15) is 4.39 Å². The summed E-state index contributed by atoms with van der Waals surface area (Å²) in [6, 6.07) is 5.94. The number of halogens is 1. The van der Waals surface area contributed by atoms with Gasteiger partial charge in [0.25, 0.3) is 0 Å². The van der Waals surface area contributed by atoms with Gasteiger partial charge in [0.1, 0.15) is 18.2 Å². The van der Waals surface area contributed by atoms with E-state index in [4.69, 9.17) is 9.47 Å². The lowest BCUT2D eigenvalue weighted by atomic mass is 10.1. The van der Waals surface area contributed by atoms with E-state index in [0.717, 1.165) is 0 Å². The zero-order valence-electron chi connectivity index (χ0n) is 8.71. The molecule has 14 heavy (non-hydrogen) atoms. The largest absolute Gasteiger partial charge is 0.491 e. The van der Waals surface area contributed by atoms with Gasteiger partial charge >= 0.3 is 0 Å². The first-order valence-corrected chi connectivity index (χ1v) is 4.47. The average molecular weight is 198 g/mol. The molecule has 0 amide bonds. The van der Waals surface area contributed by atoms with Crippen LogP contribution in [0.5, 0.6) is 5.75 Å². The Morgan fingerprint density at radius 2 is 1.79 bits per heavy atom. The van der Waals surface area contributed by atoms with Gasteiger partial charge in [-0.1, -0.05) is 0 Å². The SMILES string of the molecule is COC(C)(C)COc1ccc(F)cc1. The summed E-state index contributed by atoms with van der Waals surface area (Å²) in [5.74, 6) is 0.389. The quantitative estimate of drug-likeness (QED) is 0.740. The Kier molecular flexibility index (Phi) is 3.47. The number of hydrogen-bond acceptors (Lipinski definition) is 2. The van der Waals surface area contributed by atoms with E-state index in [0.29, 0.717) is 12.4 Å². The van der Waals surface area contributed by atoms with E-state index in [-0.39, 0.29) is 11.4 Å². The predicted molar refractivity (Wildman–Crippen MR) is 53.0 cm³/mol. The highest BCUT2D eigenvalue weighted by Gasteiger charge is 2.16. The zero-order valence-corrected chi connectivity index (χ0v) is 8.71. The van der Waals surface area contributed by atoms with E-state index >= 15 is 0 Å². The minimum atomic E-state index is -0.325. The van der Waals surface area contributed by atoms with Gasteiger partial charge in [0.05, 0.1) is 5.60 Å². The van der Waals surface area contributed by atoms with Crippen molar-refractivity contribution in [2.75, 3.05) is 13.7 Å². The molecule has 0 aliphatic heterocycles. The van der Waals surface area contributed by atoms with Crippen LogP contribution in [0, 0.1) is 5.82 Å². The van der Waals surface area contributed by atoms with Crippen molar-refractivity contribution in [2.45, 2.75) is 19.4 Å². The van der Waals surface area contributed by atoms with Gasteiger partial charge < -0.3 is 9.47 Å². The maximum atomic E-state index is 12.5. The molecule has 0 radical (unpaired) electrons. The third-order valence-electron chi connectivity index (χ3n) is 1.95. The monoisotopic (exact) mass is 198 g/mol. The minimum absolute atomic E-state index is 0.261. The van der Waals surface area contributed by atoms with Crippen LogP contribution >= 0.6 is 0 Å². The lowest BCUT2D eigenvalue weighted by Crippen LogP contribution is -2.30. The summed E-state index contributed by atoms with van der Waals surface area (Å²) in [4.78, 5) is 0. The molecule has 1 aromatic carbocycles. The Morgan fingerprint density at radius 1 is 1.21 bits per heavy atom. The molecular formula is C11H15FO2. The normalized spacial score (nSPS) is 11.4. The molecule has 0 aromatic heterocycles. The van der Waals surface area contributed by atoms with Crippen molar-refractivity contribution in [1.29, 1.82) is 0 Å². The Hall–Kier alpha value is -1.09. The van der Waals surface area contributed by atoms with Gasteiger partial charge in [-0.15, -0.1) is 0 Å². The van der Waals surface area contributed by atoms with Crippen molar-refractivity contribution >= 4 is 0 Å². The molecule has 0 heterocycles. The van der Waals surface area contributed by atoms with E-state index in [2.05, 4.69) is 0 Å². The van der Waals surface area contributed by atoms with Crippen molar-refractivity contribution in [3.8, 4) is 5.75 Å². The maximum Gasteiger partial charge on any atom is 0.123 e. The second-order valence-corrected chi connectivity index (χ2v) is 3.71. The molecule has 3 heteroatoms. The van der Waals surface area contributed by atoms with E-state index in [1.54, 1.807) is 19.2 Å². The van der Waals surface area contributed by atoms with Gasteiger partial charge in [0.15, 0.2) is 0 Å². The Morgan fingerprint density at radius 3 is 2.29 bits per heavy atom. The lowest BCUT2D eigenvalue weighted by Gasteiger charge is -2.22. The summed E-state index contributed by atoms with van der Waals surface area (Å²) in [6.07, 6.45) is 0. The number of rotatable bonds is 4. The fourth-order valence-corrected chi connectivity index (χ4v) is 0.847. The minimum Gasteiger partial charge on any atom is -0.491 e. The number of hydrogen-bond donors (Lipinski definition) is 0. The summed E-state index contributed by atoms with van der Waals surface area (Å²) in [7, 11) is 1.63. The smallest absolute Gasteiger partial charge is 0.123 e. The van der Waals surface area contributed by atoms with Crippen LogP contribution in [0.2, 0.25) is 0 Å². The van der Waals surface area contributed by atoms with E-state index in [1.165, 1.54) is 12.1 Å². The zero-order chi connectivity index (χ0) is 10.6. The summed E-state index contributed by atoms with van der Waals surface area (Å²) in [5.41, 5.74) is -0.325. The van der Waals surface area contributed by atoms with Crippen LogP contribution in [0.3, 0.4) is 0 Å². The van der Waals surface area contributed by atoms with Gasteiger partial charge in [0.2, 0.25) is 0 Å². The van der Waals surface area contributed by atoms with E-state index in [1.807, 2.05) is 13.8 Å². The van der Waals surface area contributed by atoms with Crippen molar-refractivity contribution in [2.24, 2.45) is 0 Å². The number of methoxy groups -OCH3 is 1. The summed E-state index contributed by atoms with van der Waals surface area (Å²) in [5, 5.41) is 0. The summed E-state index contributed by atoms with van der Waals surface area (Å²) >= 11 is 0. The molecule has 0 aliphatic carbocycles. The molecule has 0 bridgehead atoms. The molecule has 78 valence electrons. The highest BCUT2D eigenvalue weighted by molar-refractivity contribution is 5.22. The van der Waals surface area contributed by atoms with Crippen LogP contribution in [-0.2, 0) is 4.74 Å². The van der Waals surface area contributed by atoms with Gasteiger partial charge in [-0.3, -0.25) is 0 Å². The molecule has 0 saturated heterocycles. The Bertz CT molecular complexity index is 280. The molecule has 0 saturated carbocycles. The van der Waals surface area contributed by atoms with Crippen molar-refractivity contribution < 1.29 is 13.9 Å². The van der Waals surface area contributed by atoms with Crippen LogP contribution in [-0.4, -0.2) is 19.3 Å². The van der Waals surface area contributed by atoms with Gasteiger partial charge in [-0.25, -0.2) is 4.39 Å². The Balaban J connectivity index is 2.50. The first kappa shape index (κ1) is 11.0. The highest BCUT2D eigenvalue weighted by Crippen LogP contribution is 2.14. The van der Waals surface area contributed by atoms with Crippen LogP contribution in [0.15, 0.2) is 24.3 Å². The fraction of sp³-hybridized carbons (Fsp3) is 0.455. The van der Waals surface area contributed by atoms with Gasteiger partial charge in [-0.2, -0.15) is 0 Å². The second kappa shape index (κ2) is 4.42. The molecule has 0 spiro atoms. The molecule has 0 atom stereocenters. The molecule has 0 N–H and O–H groups in total. The highest BCUT2D eigenvalue weighted by atomic mass is 19.1. The number of benzene rings is 1. The van der Waals surface area contributed by atoms with E-state index < -0.39 is 0 Å². The van der Waals surface area contributed by atoms with Crippen molar-refractivity contribution in [1.82, 2.24) is 0 Å². The molecule has 1 rings (SSSR count). The second-order valence-electron chi connectivity index (χ2n) is 3.71. The van der Waals surface area contributed by atoms with Crippen molar-refractivity contribution in [3.63, 3.8) is 0 Å². The first-order valence-electron chi connectivity index (χ1n) is 4.47. The first-order chi connectivity index (χ1) is 6.53. The topological polar surface area (TPSA) is 18.5 Å². The molecule has 1 aromatic rings. The molecule has 0 unspecified atom stereocenters. The molecule has 0 fully saturated rings. The third kappa shape index (κ3) is 3.34. The predicted octanol–water partition coefficient (Wildman–Crippen LogP) is 2.63. The Labute approximate surface area is 83.6 Å². The maximum absolute atomic E-state index is 12.5. The van der Waals surface area contributed by atoms with Gasteiger partial charge in [-0.05, 0) is 38.1 Å². The lowest BCUT2D eigenvalue weighted by molar-refractivity contribution is -0.0146. The van der Waals surface area contributed by atoms with Gasteiger partial charge in [0, 0.05) is 7.11 Å². The van der Waals surface area contributed by atoms with Crippen LogP contribution in [0.1, 0.15) is 13.8 Å². The fourth-order valence-electron chi connectivity index (χ4n) is 0.847. The van der Waals surface area contributed by atoms with Crippen LogP contribution in [0.4, 0.5) is 4.39 Å². The standard InChI is InChI=1S/C11H15FO2/c1-11(2,13-3)8-14-10-6-4-9(12)5-7-10/h4-7H,8H2,1-3H3. The van der Waals surface area contributed by atoms with Crippen molar-refractivity contribution in [3.05, 3.63) is 30.1 Å². The molecular weight excluding hydrogens is 183 g/mol.